The smallest absolute Gasteiger partial charge is 0.122 e. The molecule has 2 nitrogen and oxygen atoms in total. The van der Waals surface area contributed by atoms with E-state index in [1.807, 2.05) is 0 Å². The molecule has 1 N–H and O–H groups in total. The number of aryl methyl sites for hydroxylation is 1. The van der Waals surface area contributed by atoms with Gasteiger partial charge in [0.25, 0.3) is 0 Å². The molecule has 0 aromatic heterocycles. The Bertz CT molecular complexity index is 394. The van der Waals surface area contributed by atoms with Crippen LogP contribution in [-0.2, 0) is 6.42 Å². The highest BCUT2D eigenvalue weighted by molar-refractivity contribution is 5.38. The third kappa shape index (κ3) is 3.97. The Morgan fingerprint density at radius 1 is 1.26 bits per heavy atom. The number of methoxy groups -OCH3 is 1. The first-order valence-corrected chi connectivity index (χ1v) is 7.58. The van der Waals surface area contributed by atoms with Crippen molar-refractivity contribution in [3.05, 3.63) is 29.3 Å². The lowest BCUT2D eigenvalue weighted by molar-refractivity contribution is 0.350. The Morgan fingerprint density at radius 3 is 2.63 bits per heavy atom. The molecule has 19 heavy (non-hydrogen) atoms. The molecular formula is C17H27NO. The zero-order valence-corrected chi connectivity index (χ0v) is 12.5. The molecule has 1 aliphatic heterocycles. The minimum atomic E-state index is 0.562. The molecule has 1 fully saturated rings. The van der Waals surface area contributed by atoms with E-state index in [-0.39, 0.29) is 0 Å². The lowest BCUT2D eigenvalue weighted by Gasteiger charge is -2.23. The second-order valence-electron chi connectivity index (χ2n) is 5.96. The van der Waals surface area contributed by atoms with Crippen LogP contribution in [0.15, 0.2) is 18.2 Å². The fourth-order valence-corrected chi connectivity index (χ4v) is 2.86. The van der Waals surface area contributed by atoms with Crippen LogP contribution in [0, 0.1) is 5.92 Å². The number of ether oxygens (including phenoxy) is 1. The molecule has 2 heteroatoms. The van der Waals surface area contributed by atoms with Gasteiger partial charge in [-0.3, -0.25) is 0 Å². The average molecular weight is 261 g/mol. The molecule has 106 valence electrons. The quantitative estimate of drug-likeness (QED) is 0.871. The van der Waals surface area contributed by atoms with Gasteiger partial charge in [-0.1, -0.05) is 26.0 Å². The summed E-state index contributed by atoms with van der Waals surface area (Å²) >= 11 is 0. The van der Waals surface area contributed by atoms with E-state index in [0.717, 1.165) is 18.1 Å². The van der Waals surface area contributed by atoms with Crippen LogP contribution < -0.4 is 10.1 Å². The Hall–Kier alpha value is -1.02. The molecule has 1 aliphatic rings. The zero-order chi connectivity index (χ0) is 13.7. The Balaban J connectivity index is 1.98. The van der Waals surface area contributed by atoms with E-state index in [1.54, 1.807) is 7.11 Å². The average Bonchev–Trinajstić information content (AvgIpc) is 2.45. The normalized spacial score (nSPS) is 16.8. The van der Waals surface area contributed by atoms with Crippen molar-refractivity contribution >= 4 is 0 Å². The number of rotatable bonds is 5. The second kappa shape index (κ2) is 6.95. The number of benzene rings is 1. The highest BCUT2D eigenvalue weighted by Crippen LogP contribution is 2.27. The Kier molecular flexibility index (Phi) is 5.26. The van der Waals surface area contributed by atoms with Crippen LogP contribution in [-0.4, -0.2) is 20.2 Å². The van der Waals surface area contributed by atoms with Crippen molar-refractivity contribution in [3.8, 4) is 5.75 Å². The van der Waals surface area contributed by atoms with Crippen molar-refractivity contribution in [2.24, 2.45) is 5.92 Å². The van der Waals surface area contributed by atoms with Crippen molar-refractivity contribution in [2.75, 3.05) is 20.2 Å². The van der Waals surface area contributed by atoms with Gasteiger partial charge in [0.15, 0.2) is 0 Å². The predicted molar refractivity (Wildman–Crippen MR) is 81.0 cm³/mol. The van der Waals surface area contributed by atoms with E-state index in [2.05, 4.69) is 37.4 Å². The minimum absolute atomic E-state index is 0.562. The highest BCUT2D eigenvalue weighted by Gasteiger charge is 2.14. The maximum Gasteiger partial charge on any atom is 0.122 e. The maximum atomic E-state index is 5.56. The lowest BCUT2D eigenvalue weighted by Crippen LogP contribution is -2.27. The van der Waals surface area contributed by atoms with E-state index in [9.17, 15) is 0 Å². The number of hydrogen-bond acceptors (Lipinski definition) is 2. The Morgan fingerprint density at radius 2 is 2.00 bits per heavy atom. The first-order chi connectivity index (χ1) is 9.20. The molecule has 1 heterocycles. The zero-order valence-electron chi connectivity index (χ0n) is 12.5. The van der Waals surface area contributed by atoms with Crippen LogP contribution >= 0.6 is 0 Å². The standard InChI is InChI=1S/C17H27NO/c1-13(2)16-7-6-15(17(12-16)19-3)5-4-14-8-10-18-11-9-14/h6-7,12-14,18H,4-5,8-11H2,1-3H3. The maximum absolute atomic E-state index is 5.56. The molecule has 2 rings (SSSR count). The fraction of sp³-hybridized carbons (Fsp3) is 0.647. The van der Waals surface area contributed by atoms with Crippen molar-refractivity contribution in [3.63, 3.8) is 0 Å². The molecule has 1 aromatic carbocycles. The van der Waals surface area contributed by atoms with E-state index in [1.165, 1.54) is 43.5 Å². The monoisotopic (exact) mass is 261 g/mol. The second-order valence-corrected chi connectivity index (χ2v) is 5.96. The summed E-state index contributed by atoms with van der Waals surface area (Å²) < 4.78 is 5.56. The van der Waals surface area contributed by atoms with Gasteiger partial charge < -0.3 is 10.1 Å². The van der Waals surface area contributed by atoms with Crippen molar-refractivity contribution in [2.45, 2.75) is 45.4 Å². The topological polar surface area (TPSA) is 21.3 Å². The summed E-state index contributed by atoms with van der Waals surface area (Å²) in [6.45, 7) is 6.83. The summed E-state index contributed by atoms with van der Waals surface area (Å²) in [5, 5.41) is 3.43. The van der Waals surface area contributed by atoms with Gasteiger partial charge in [0.2, 0.25) is 0 Å². The number of hydrogen-bond donors (Lipinski definition) is 1. The van der Waals surface area contributed by atoms with Gasteiger partial charge in [-0.15, -0.1) is 0 Å². The first kappa shape index (κ1) is 14.4. The number of piperidine rings is 1. The molecule has 0 amide bonds. The van der Waals surface area contributed by atoms with Crippen LogP contribution in [0.4, 0.5) is 0 Å². The van der Waals surface area contributed by atoms with Gasteiger partial charge in [0.1, 0.15) is 5.75 Å². The summed E-state index contributed by atoms with van der Waals surface area (Å²) in [5.74, 6) is 2.52. The van der Waals surface area contributed by atoms with Gasteiger partial charge in [0.05, 0.1) is 7.11 Å². The minimum Gasteiger partial charge on any atom is -0.496 e. The van der Waals surface area contributed by atoms with E-state index < -0.39 is 0 Å². The lowest BCUT2D eigenvalue weighted by atomic mass is 9.90. The van der Waals surface area contributed by atoms with Crippen LogP contribution in [0.2, 0.25) is 0 Å². The van der Waals surface area contributed by atoms with Crippen LogP contribution in [0.1, 0.15) is 50.2 Å². The fourth-order valence-electron chi connectivity index (χ4n) is 2.86. The van der Waals surface area contributed by atoms with Gasteiger partial charge >= 0.3 is 0 Å². The molecular weight excluding hydrogens is 234 g/mol. The SMILES string of the molecule is COc1cc(C(C)C)ccc1CCC1CCNCC1. The van der Waals surface area contributed by atoms with Crippen LogP contribution in [0.25, 0.3) is 0 Å². The van der Waals surface area contributed by atoms with Gasteiger partial charge in [0, 0.05) is 0 Å². The summed E-state index contributed by atoms with van der Waals surface area (Å²) in [6.07, 6.45) is 5.09. The third-order valence-electron chi connectivity index (χ3n) is 4.26. The van der Waals surface area contributed by atoms with Crippen molar-refractivity contribution in [1.29, 1.82) is 0 Å². The molecule has 0 saturated carbocycles. The Labute approximate surface area is 117 Å². The largest absolute Gasteiger partial charge is 0.496 e. The third-order valence-corrected chi connectivity index (χ3v) is 4.26. The van der Waals surface area contributed by atoms with Crippen LogP contribution in [0.5, 0.6) is 5.75 Å². The molecule has 0 atom stereocenters. The summed E-state index contributed by atoms with van der Waals surface area (Å²) in [5.41, 5.74) is 2.73. The molecule has 0 radical (unpaired) electrons. The van der Waals surface area contributed by atoms with Gasteiger partial charge in [-0.25, -0.2) is 0 Å². The predicted octanol–water partition coefficient (Wildman–Crippen LogP) is 3.75. The highest BCUT2D eigenvalue weighted by atomic mass is 16.5. The summed E-state index contributed by atoms with van der Waals surface area (Å²) in [6, 6.07) is 6.72. The van der Waals surface area contributed by atoms with Gasteiger partial charge in [-0.05, 0) is 67.8 Å². The molecule has 0 unspecified atom stereocenters. The molecule has 0 aliphatic carbocycles. The van der Waals surface area contributed by atoms with Crippen molar-refractivity contribution < 1.29 is 4.74 Å². The van der Waals surface area contributed by atoms with E-state index in [4.69, 9.17) is 4.74 Å². The number of nitrogens with one attached hydrogen (secondary N) is 1. The molecule has 0 spiro atoms. The summed E-state index contributed by atoms with van der Waals surface area (Å²) in [4.78, 5) is 0. The first-order valence-electron chi connectivity index (χ1n) is 7.58. The molecule has 0 bridgehead atoms. The van der Waals surface area contributed by atoms with Crippen molar-refractivity contribution in [1.82, 2.24) is 5.32 Å². The van der Waals surface area contributed by atoms with E-state index in [0.29, 0.717) is 5.92 Å². The van der Waals surface area contributed by atoms with Crippen LogP contribution in [0.3, 0.4) is 0 Å². The molecule has 1 aromatic rings. The summed E-state index contributed by atoms with van der Waals surface area (Å²) in [7, 11) is 1.79. The molecule has 1 saturated heterocycles. The van der Waals surface area contributed by atoms with Gasteiger partial charge in [-0.2, -0.15) is 0 Å². The van der Waals surface area contributed by atoms with E-state index >= 15 is 0 Å².